The van der Waals surface area contributed by atoms with Gasteiger partial charge in [-0.05, 0) is 50.0 Å². The average molecular weight is 571 g/mol. The van der Waals surface area contributed by atoms with Gasteiger partial charge in [0.1, 0.15) is 5.00 Å². The second kappa shape index (κ2) is 11.8. The normalized spacial score (nSPS) is 13.4. The van der Waals surface area contributed by atoms with Crippen molar-refractivity contribution in [2.75, 3.05) is 18.5 Å². The number of ether oxygens (including phenoxy) is 1. The number of anilines is 1. The van der Waals surface area contributed by atoms with Crippen molar-refractivity contribution in [1.82, 2.24) is 15.1 Å². The van der Waals surface area contributed by atoms with Crippen molar-refractivity contribution in [3.8, 4) is 0 Å². The van der Waals surface area contributed by atoms with Crippen LogP contribution in [0.5, 0.6) is 0 Å². The molecule has 0 atom stereocenters. The highest BCUT2D eigenvalue weighted by Crippen LogP contribution is 2.46. The topological polar surface area (TPSA) is 68.2 Å². The third kappa shape index (κ3) is 7.03. The van der Waals surface area contributed by atoms with Gasteiger partial charge in [0.25, 0.3) is 0 Å². The van der Waals surface area contributed by atoms with Crippen LogP contribution in [0.25, 0.3) is 0 Å². The molecule has 0 bridgehead atoms. The van der Waals surface area contributed by atoms with E-state index in [0.717, 1.165) is 23.3 Å². The minimum Gasteiger partial charge on any atom is -0.462 e. The van der Waals surface area contributed by atoms with Gasteiger partial charge in [0.2, 0.25) is 0 Å². The zero-order valence-corrected chi connectivity index (χ0v) is 22.4. The molecule has 0 aliphatic heterocycles. The molecule has 1 aliphatic carbocycles. The Morgan fingerprint density at radius 3 is 2.68 bits per heavy atom. The summed E-state index contributed by atoms with van der Waals surface area (Å²) >= 11 is 12.9. The van der Waals surface area contributed by atoms with Crippen molar-refractivity contribution >= 4 is 51.2 Å². The van der Waals surface area contributed by atoms with E-state index < -0.39 is 17.8 Å². The molecule has 2 N–H and O–H groups in total. The predicted octanol–water partition coefficient (Wildman–Crippen LogP) is 6.64. The maximum atomic E-state index is 13.3. The van der Waals surface area contributed by atoms with Gasteiger partial charge in [-0.2, -0.15) is 18.3 Å². The fourth-order valence-corrected chi connectivity index (χ4v) is 5.66. The molecule has 37 heavy (non-hydrogen) atoms. The van der Waals surface area contributed by atoms with Crippen LogP contribution < -0.4 is 10.6 Å². The van der Waals surface area contributed by atoms with Crippen LogP contribution in [0.1, 0.15) is 64.3 Å². The van der Waals surface area contributed by atoms with Crippen molar-refractivity contribution in [3.63, 3.8) is 0 Å². The molecule has 0 saturated heterocycles. The smallest absolute Gasteiger partial charge is 0.436 e. The molecule has 4 rings (SSSR count). The van der Waals surface area contributed by atoms with E-state index in [0.29, 0.717) is 40.8 Å². The molecule has 2 aromatic heterocycles. The van der Waals surface area contributed by atoms with Gasteiger partial charge < -0.3 is 15.4 Å². The number of thiophene rings is 1. The summed E-state index contributed by atoms with van der Waals surface area (Å²) in [6, 6.07) is 11.7. The third-order valence-electron chi connectivity index (χ3n) is 5.72. The summed E-state index contributed by atoms with van der Waals surface area (Å²) in [5.74, 6) is -0.413. The molecular weight excluding hydrogens is 545 g/mol. The van der Waals surface area contributed by atoms with Crippen LogP contribution in [-0.2, 0) is 23.9 Å². The summed E-state index contributed by atoms with van der Waals surface area (Å²) in [4.78, 5) is 13.5. The first-order chi connectivity index (χ1) is 17.7. The standard InChI is InChI=1S/C25H26ClF3N4O2S2/c1-2-35-23(34)18-14-17(13-15-7-4-3-5-8-15)37-22(18)31-24(36)30-11-6-12-33-20(16-9-10-16)19(26)21(32-33)25(27,28)29/h3-5,7-8,14,16H,2,6,9-13H2,1H3,(H2,30,31,36). The van der Waals surface area contributed by atoms with Crippen LogP contribution in [0.2, 0.25) is 5.02 Å². The highest BCUT2D eigenvalue weighted by atomic mass is 35.5. The number of esters is 1. The molecule has 1 aromatic carbocycles. The van der Waals surface area contributed by atoms with E-state index in [1.807, 2.05) is 30.3 Å². The molecule has 1 saturated carbocycles. The number of alkyl halides is 3. The number of hydrogen-bond acceptors (Lipinski definition) is 5. The van der Waals surface area contributed by atoms with E-state index in [1.165, 1.54) is 16.0 Å². The number of carbonyl (C=O) groups excluding carboxylic acids is 1. The quantitative estimate of drug-likeness (QED) is 0.162. The first-order valence-electron chi connectivity index (χ1n) is 11.9. The Hall–Kier alpha value is -2.63. The number of thiocarbonyl (C=S) groups is 1. The second-order valence-electron chi connectivity index (χ2n) is 8.62. The number of nitrogens with zero attached hydrogens (tertiary/aromatic N) is 2. The molecule has 6 nitrogen and oxygen atoms in total. The molecule has 1 aliphatic rings. The lowest BCUT2D eigenvalue weighted by molar-refractivity contribution is -0.141. The van der Waals surface area contributed by atoms with Gasteiger partial charge in [-0.25, -0.2) is 4.79 Å². The Balaban J connectivity index is 1.36. The Labute approximate surface area is 227 Å². The molecule has 2 heterocycles. The van der Waals surface area contributed by atoms with E-state index in [-0.39, 0.29) is 24.1 Å². The maximum absolute atomic E-state index is 13.3. The Morgan fingerprint density at radius 2 is 2.03 bits per heavy atom. The number of benzene rings is 1. The van der Waals surface area contributed by atoms with Crippen LogP contribution in [0.4, 0.5) is 18.2 Å². The van der Waals surface area contributed by atoms with Gasteiger partial charge in [0, 0.05) is 30.3 Å². The number of aromatic nitrogens is 2. The molecule has 0 radical (unpaired) electrons. The third-order valence-corrected chi connectivity index (χ3v) is 7.39. The molecule has 0 amide bonds. The molecule has 1 fully saturated rings. The number of hydrogen-bond donors (Lipinski definition) is 2. The Morgan fingerprint density at radius 1 is 1.30 bits per heavy atom. The molecule has 0 unspecified atom stereocenters. The van der Waals surface area contributed by atoms with Gasteiger partial charge in [0.15, 0.2) is 10.8 Å². The highest BCUT2D eigenvalue weighted by Gasteiger charge is 2.41. The van der Waals surface area contributed by atoms with Gasteiger partial charge in [-0.15, -0.1) is 11.3 Å². The summed E-state index contributed by atoms with van der Waals surface area (Å²) in [5, 5.41) is 10.5. The lowest BCUT2D eigenvalue weighted by atomic mass is 10.1. The van der Waals surface area contributed by atoms with Crippen molar-refractivity contribution in [2.24, 2.45) is 0 Å². The first-order valence-corrected chi connectivity index (χ1v) is 13.5. The van der Waals surface area contributed by atoms with E-state index in [4.69, 9.17) is 28.6 Å². The molecule has 0 spiro atoms. The number of halogens is 4. The fourth-order valence-electron chi connectivity index (χ4n) is 3.91. The second-order valence-corrected chi connectivity index (χ2v) is 10.5. The zero-order chi connectivity index (χ0) is 26.6. The number of carbonyl (C=O) groups is 1. The van der Waals surface area contributed by atoms with Crippen molar-refractivity contribution in [2.45, 2.75) is 51.2 Å². The Bertz CT molecular complexity index is 1260. The van der Waals surface area contributed by atoms with Crippen LogP contribution in [0.3, 0.4) is 0 Å². The van der Waals surface area contributed by atoms with Crippen molar-refractivity contribution in [3.05, 3.63) is 68.8 Å². The molecule has 3 aromatic rings. The van der Waals surface area contributed by atoms with E-state index in [9.17, 15) is 18.0 Å². The largest absolute Gasteiger partial charge is 0.462 e. The van der Waals surface area contributed by atoms with E-state index in [1.54, 1.807) is 13.0 Å². The van der Waals surface area contributed by atoms with Crippen LogP contribution in [0.15, 0.2) is 36.4 Å². The molecular formula is C25H26ClF3N4O2S2. The number of aryl methyl sites for hydroxylation is 1. The van der Waals surface area contributed by atoms with Gasteiger partial charge in [-0.3, -0.25) is 4.68 Å². The van der Waals surface area contributed by atoms with Crippen molar-refractivity contribution < 1.29 is 22.7 Å². The SMILES string of the molecule is CCOC(=O)c1cc(Cc2ccccc2)sc1NC(=S)NCCCn1nc(C(F)(F)F)c(Cl)c1C1CC1. The predicted molar refractivity (Wildman–Crippen MR) is 143 cm³/mol. The minimum atomic E-state index is -4.59. The number of rotatable bonds is 10. The zero-order valence-electron chi connectivity index (χ0n) is 20.0. The van der Waals surface area contributed by atoms with Crippen LogP contribution in [0, 0.1) is 0 Å². The van der Waals surface area contributed by atoms with E-state index in [2.05, 4.69) is 15.7 Å². The maximum Gasteiger partial charge on any atom is 0.436 e. The lowest BCUT2D eigenvalue weighted by Crippen LogP contribution is -2.30. The summed E-state index contributed by atoms with van der Waals surface area (Å²) < 4.78 is 46.3. The fraction of sp³-hybridized carbons (Fsp3) is 0.400. The molecule has 198 valence electrons. The van der Waals surface area contributed by atoms with Crippen LogP contribution >= 0.6 is 35.2 Å². The minimum absolute atomic E-state index is 0.0250. The first kappa shape index (κ1) is 27.4. The van der Waals surface area contributed by atoms with Crippen LogP contribution in [-0.4, -0.2) is 34.0 Å². The number of nitrogens with one attached hydrogen (secondary N) is 2. The van der Waals surface area contributed by atoms with Crippen molar-refractivity contribution in [1.29, 1.82) is 0 Å². The van der Waals surface area contributed by atoms with Gasteiger partial charge in [-0.1, -0.05) is 41.9 Å². The Kier molecular flexibility index (Phi) is 8.76. The van der Waals surface area contributed by atoms with E-state index >= 15 is 0 Å². The summed E-state index contributed by atoms with van der Waals surface area (Å²) in [6.45, 7) is 2.66. The highest BCUT2D eigenvalue weighted by molar-refractivity contribution is 7.80. The summed E-state index contributed by atoms with van der Waals surface area (Å²) in [6.07, 6.45) is -1.83. The summed E-state index contributed by atoms with van der Waals surface area (Å²) in [7, 11) is 0. The summed E-state index contributed by atoms with van der Waals surface area (Å²) in [5.41, 5.74) is 0.946. The lowest BCUT2D eigenvalue weighted by Gasteiger charge is -2.11. The van der Waals surface area contributed by atoms with Gasteiger partial charge in [0.05, 0.1) is 22.9 Å². The molecule has 12 heteroatoms. The van der Waals surface area contributed by atoms with Gasteiger partial charge >= 0.3 is 12.1 Å². The average Bonchev–Trinajstić information content (AvgIpc) is 3.51. The monoisotopic (exact) mass is 570 g/mol.